The van der Waals surface area contributed by atoms with Crippen LogP contribution in [0.1, 0.15) is 23.1 Å². The molecule has 2 unspecified atom stereocenters. The minimum Gasteiger partial charge on any atom is -0.505 e. The molecule has 1 aliphatic heterocycles. The quantitative estimate of drug-likeness (QED) is 0.681. The van der Waals surface area contributed by atoms with Gasteiger partial charge in [-0.1, -0.05) is 42.1 Å². The molecule has 2 heterocycles. The van der Waals surface area contributed by atoms with Crippen molar-refractivity contribution in [3.05, 3.63) is 83.1 Å². The van der Waals surface area contributed by atoms with E-state index in [1.165, 1.54) is 23.3 Å². The van der Waals surface area contributed by atoms with E-state index in [9.17, 15) is 9.50 Å². The second-order valence-corrected chi connectivity index (χ2v) is 8.40. The lowest BCUT2D eigenvalue weighted by atomic mass is 10.1. The first-order valence-electron chi connectivity index (χ1n) is 9.77. The van der Waals surface area contributed by atoms with E-state index >= 15 is 0 Å². The number of nitrogens with two attached hydrogens (primary N) is 1. The predicted molar refractivity (Wildman–Crippen MR) is 122 cm³/mol. The van der Waals surface area contributed by atoms with E-state index in [2.05, 4.69) is 39.6 Å². The van der Waals surface area contributed by atoms with Gasteiger partial charge in [0.2, 0.25) is 0 Å². The van der Waals surface area contributed by atoms with Gasteiger partial charge in [-0.05, 0) is 53.3 Å². The van der Waals surface area contributed by atoms with Crippen LogP contribution in [0.25, 0.3) is 12.2 Å². The normalized spacial score (nSPS) is 20.3. The summed E-state index contributed by atoms with van der Waals surface area (Å²) in [6, 6.07) is 6.12. The molecule has 1 aromatic carbocycles. The number of pyridine rings is 1. The van der Waals surface area contributed by atoms with Gasteiger partial charge in [0.25, 0.3) is 0 Å². The van der Waals surface area contributed by atoms with E-state index < -0.39 is 5.82 Å². The number of halogens is 1. The zero-order valence-corrected chi connectivity index (χ0v) is 17.1. The van der Waals surface area contributed by atoms with E-state index in [4.69, 9.17) is 5.73 Å². The number of aromatic nitrogens is 1. The number of nitrogens with zero attached hydrogens (tertiary/aromatic N) is 2. The zero-order valence-electron chi connectivity index (χ0n) is 16.3. The lowest BCUT2D eigenvalue weighted by molar-refractivity contribution is 0.431. The third kappa shape index (κ3) is 4.98. The van der Waals surface area contributed by atoms with Crippen LogP contribution in [0.3, 0.4) is 0 Å². The van der Waals surface area contributed by atoms with Crippen molar-refractivity contribution in [2.24, 2.45) is 10.7 Å². The van der Waals surface area contributed by atoms with Gasteiger partial charge in [0.05, 0.1) is 11.8 Å². The summed E-state index contributed by atoms with van der Waals surface area (Å²) >= 11 is 1.66. The van der Waals surface area contributed by atoms with Gasteiger partial charge in [0.15, 0.2) is 16.7 Å². The molecule has 0 saturated carbocycles. The Morgan fingerprint density at radius 2 is 2.23 bits per heavy atom. The maximum absolute atomic E-state index is 13.5. The number of amidine groups is 1. The first-order valence-corrected chi connectivity index (χ1v) is 10.6. The molecule has 2 aliphatic rings. The van der Waals surface area contributed by atoms with E-state index in [0.29, 0.717) is 13.0 Å². The molecule has 2 atom stereocenters. The Morgan fingerprint density at radius 1 is 1.33 bits per heavy atom. The van der Waals surface area contributed by atoms with Crippen molar-refractivity contribution < 1.29 is 9.50 Å². The zero-order chi connectivity index (χ0) is 20.9. The van der Waals surface area contributed by atoms with E-state index in [1.807, 2.05) is 24.7 Å². The third-order valence-electron chi connectivity index (χ3n) is 4.94. The third-order valence-corrected chi connectivity index (χ3v) is 6.12. The molecule has 4 N–H and O–H groups in total. The fourth-order valence-corrected chi connectivity index (χ4v) is 4.39. The van der Waals surface area contributed by atoms with Crippen molar-refractivity contribution >= 4 is 29.1 Å². The van der Waals surface area contributed by atoms with Gasteiger partial charge in [0, 0.05) is 24.6 Å². The van der Waals surface area contributed by atoms with Crippen LogP contribution in [0.5, 0.6) is 5.75 Å². The molecule has 154 valence electrons. The number of aliphatic imine (C=N–C) groups is 1. The molecular formula is C23H23FN4OS. The highest BCUT2D eigenvalue weighted by molar-refractivity contribution is 8.14. The molecule has 0 amide bonds. The second kappa shape index (κ2) is 9.28. The average molecular weight is 423 g/mol. The lowest BCUT2D eigenvalue weighted by Gasteiger charge is -2.21. The minimum atomic E-state index is -0.633. The highest BCUT2D eigenvalue weighted by atomic mass is 32.2. The van der Waals surface area contributed by atoms with Crippen molar-refractivity contribution in [3.8, 4) is 5.75 Å². The molecule has 1 aliphatic carbocycles. The van der Waals surface area contributed by atoms with Crippen LogP contribution in [-0.4, -0.2) is 33.1 Å². The fraction of sp³-hybridized carbons (Fsp3) is 0.217. The predicted octanol–water partition coefficient (Wildman–Crippen LogP) is 3.87. The molecular weight excluding hydrogens is 399 g/mol. The highest BCUT2D eigenvalue weighted by Gasteiger charge is 2.19. The van der Waals surface area contributed by atoms with Crippen molar-refractivity contribution in [2.45, 2.75) is 24.1 Å². The van der Waals surface area contributed by atoms with Crippen LogP contribution in [0.4, 0.5) is 4.39 Å². The Kier molecular flexibility index (Phi) is 6.30. The van der Waals surface area contributed by atoms with E-state index in [1.54, 1.807) is 17.8 Å². The number of nitrogens with one attached hydrogen (secondary N) is 1. The SMILES string of the molecule is NC(CN=C1NC=CC(C2=Cc3ccncc3C=CC2)S1)Cc1ccc(O)c(F)c1. The first-order chi connectivity index (χ1) is 14.6. The maximum Gasteiger partial charge on any atom is 0.165 e. The molecule has 0 saturated heterocycles. The summed E-state index contributed by atoms with van der Waals surface area (Å²) in [5, 5.41) is 13.5. The van der Waals surface area contributed by atoms with Crippen LogP contribution in [0.2, 0.25) is 0 Å². The lowest BCUT2D eigenvalue weighted by Crippen LogP contribution is -2.29. The Bertz CT molecular complexity index is 1050. The van der Waals surface area contributed by atoms with Gasteiger partial charge in [-0.15, -0.1) is 0 Å². The topological polar surface area (TPSA) is 83.5 Å². The molecule has 7 heteroatoms. The van der Waals surface area contributed by atoms with Gasteiger partial charge in [-0.2, -0.15) is 0 Å². The summed E-state index contributed by atoms with van der Waals surface area (Å²) in [5.41, 5.74) is 10.5. The van der Waals surface area contributed by atoms with Crippen molar-refractivity contribution in [1.29, 1.82) is 0 Å². The number of rotatable bonds is 5. The van der Waals surface area contributed by atoms with Gasteiger partial charge in [0.1, 0.15) is 0 Å². The number of hydrogen-bond donors (Lipinski definition) is 3. The molecule has 5 nitrogen and oxygen atoms in total. The van der Waals surface area contributed by atoms with Crippen LogP contribution in [0.15, 0.2) is 65.6 Å². The number of aromatic hydroxyl groups is 1. The average Bonchev–Trinajstić information content (AvgIpc) is 2.98. The summed E-state index contributed by atoms with van der Waals surface area (Å²) in [7, 11) is 0. The van der Waals surface area contributed by atoms with Gasteiger partial charge in [-0.25, -0.2) is 4.39 Å². The summed E-state index contributed by atoms with van der Waals surface area (Å²) in [5.74, 6) is -0.985. The van der Waals surface area contributed by atoms with Crippen LogP contribution in [0, 0.1) is 5.82 Å². The number of thioether (sulfide) groups is 1. The molecule has 0 fully saturated rings. The smallest absolute Gasteiger partial charge is 0.165 e. The van der Waals surface area contributed by atoms with E-state index in [0.717, 1.165) is 22.7 Å². The number of allylic oxidation sites excluding steroid dienone is 1. The first kappa shape index (κ1) is 20.4. The van der Waals surface area contributed by atoms with Crippen molar-refractivity contribution in [2.75, 3.05) is 6.54 Å². The number of fused-ring (bicyclic) bond motifs is 1. The monoisotopic (exact) mass is 422 g/mol. The number of benzene rings is 1. The highest BCUT2D eigenvalue weighted by Crippen LogP contribution is 2.31. The van der Waals surface area contributed by atoms with Crippen LogP contribution < -0.4 is 11.1 Å². The second-order valence-electron chi connectivity index (χ2n) is 7.27. The largest absolute Gasteiger partial charge is 0.505 e. The van der Waals surface area contributed by atoms with E-state index in [-0.39, 0.29) is 17.0 Å². The minimum absolute atomic E-state index is 0.191. The van der Waals surface area contributed by atoms with Crippen molar-refractivity contribution in [3.63, 3.8) is 0 Å². The van der Waals surface area contributed by atoms with Gasteiger partial charge in [-0.3, -0.25) is 9.98 Å². The molecule has 1 aromatic heterocycles. The Balaban J connectivity index is 1.40. The number of phenols is 1. The Labute approximate surface area is 179 Å². The molecule has 0 spiro atoms. The standard InChI is InChI=1S/C23H23FN4OS/c24-20-11-15(4-5-21(20)29)10-19(25)14-28-23-27-9-7-22(30-23)17-2-1-3-18-13-26-8-6-16(18)12-17/h1,3-9,11-13,19,22,29H,2,10,14,25H2,(H,27,28). The molecule has 0 radical (unpaired) electrons. The summed E-state index contributed by atoms with van der Waals surface area (Å²) in [6.07, 6.45) is 15.6. The van der Waals surface area contributed by atoms with Gasteiger partial charge < -0.3 is 16.2 Å². The van der Waals surface area contributed by atoms with Crippen molar-refractivity contribution in [1.82, 2.24) is 10.3 Å². The van der Waals surface area contributed by atoms with Gasteiger partial charge >= 0.3 is 0 Å². The summed E-state index contributed by atoms with van der Waals surface area (Å²) in [4.78, 5) is 8.82. The number of phenolic OH excluding ortho intramolecular Hbond substituents is 1. The maximum atomic E-state index is 13.5. The molecule has 2 aromatic rings. The number of hydrogen-bond acceptors (Lipinski definition) is 5. The molecule has 30 heavy (non-hydrogen) atoms. The fourth-order valence-electron chi connectivity index (χ4n) is 3.39. The summed E-state index contributed by atoms with van der Waals surface area (Å²) in [6.45, 7) is 0.422. The Hall–Kier alpha value is -2.90. The van der Waals surface area contributed by atoms with Crippen LogP contribution in [-0.2, 0) is 6.42 Å². The summed E-state index contributed by atoms with van der Waals surface area (Å²) < 4.78 is 13.5. The van der Waals surface area contributed by atoms with Crippen LogP contribution >= 0.6 is 11.8 Å². The molecule has 0 bridgehead atoms. The molecule has 4 rings (SSSR count). The Morgan fingerprint density at radius 3 is 3.10 bits per heavy atom.